The first kappa shape index (κ1) is 34.6. The molecular formula is C22H36N6O10S. The summed E-state index contributed by atoms with van der Waals surface area (Å²) in [5.74, 6) is 3.43. The van der Waals surface area contributed by atoms with Crippen molar-refractivity contribution in [3.63, 3.8) is 0 Å². The van der Waals surface area contributed by atoms with Gasteiger partial charge in [-0.3, -0.25) is 9.11 Å². The maximum Gasteiger partial charge on any atom is 0.394 e. The molecule has 0 radical (unpaired) electrons. The minimum atomic E-state index is -4.67. The van der Waals surface area contributed by atoms with E-state index in [2.05, 4.69) is 9.98 Å². The molecule has 0 saturated carbocycles. The van der Waals surface area contributed by atoms with Crippen LogP contribution in [0.1, 0.15) is 11.1 Å². The minimum Gasteiger partial charge on any atom is -0.493 e. The molecule has 0 spiro atoms. The van der Waals surface area contributed by atoms with E-state index in [1.165, 1.54) is 0 Å². The van der Waals surface area contributed by atoms with E-state index in [4.69, 9.17) is 68.9 Å². The fraction of sp³-hybridized carbons (Fsp3) is 0.364. The van der Waals surface area contributed by atoms with Crippen molar-refractivity contribution in [2.45, 2.75) is 13.1 Å². The number of rotatable bonds is 10. The summed E-state index contributed by atoms with van der Waals surface area (Å²) in [6.07, 6.45) is 0. The topological polar surface area (TPSA) is 259 Å². The zero-order valence-electron chi connectivity index (χ0n) is 22.5. The zero-order chi connectivity index (χ0) is 30.2. The molecule has 0 unspecified atom stereocenters. The predicted molar refractivity (Wildman–Crippen MR) is 145 cm³/mol. The Balaban J connectivity index is 0.000000632. The maximum absolute atomic E-state index is 8.74. The van der Waals surface area contributed by atoms with Gasteiger partial charge < -0.3 is 51.4 Å². The fourth-order valence-corrected chi connectivity index (χ4v) is 2.93. The first-order valence-electron chi connectivity index (χ1n) is 10.6. The van der Waals surface area contributed by atoms with E-state index in [9.17, 15) is 0 Å². The highest BCUT2D eigenvalue weighted by molar-refractivity contribution is 7.79. The molecule has 2 rings (SSSR count). The third-order valence-electron chi connectivity index (χ3n) is 4.44. The van der Waals surface area contributed by atoms with Crippen LogP contribution in [0.25, 0.3) is 0 Å². The summed E-state index contributed by atoms with van der Waals surface area (Å²) >= 11 is 0. The lowest BCUT2D eigenvalue weighted by Gasteiger charge is -2.14. The van der Waals surface area contributed by atoms with Gasteiger partial charge in [0.05, 0.1) is 55.7 Å². The largest absolute Gasteiger partial charge is 0.493 e. The Kier molecular flexibility index (Phi) is 15.3. The van der Waals surface area contributed by atoms with Crippen LogP contribution in [-0.4, -0.2) is 72.1 Å². The van der Waals surface area contributed by atoms with E-state index in [-0.39, 0.29) is 11.9 Å². The van der Waals surface area contributed by atoms with Gasteiger partial charge in [-0.1, -0.05) is 0 Å². The lowest BCUT2D eigenvalue weighted by Crippen LogP contribution is -2.22. The Bertz CT molecular complexity index is 1130. The van der Waals surface area contributed by atoms with Gasteiger partial charge in [0.2, 0.25) is 11.5 Å². The fourth-order valence-electron chi connectivity index (χ4n) is 2.93. The SMILES string of the molecule is COc1ccc(CN=C(N)N)c(OC)c1OC.COc1ccc(CN=C(N)N)c(OC)c1OC.O=S(=O)(O)O. The third-order valence-corrected chi connectivity index (χ3v) is 4.44. The van der Waals surface area contributed by atoms with Gasteiger partial charge in [-0.05, 0) is 24.3 Å². The highest BCUT2D eigenvalue weighted by atomic mass is 32.3. The number of nitrogens with two attached hydrogens (primary N) is 4. The molecule has 220 valence electrons. The molecule has 0 bridgehead atoms. The van der Waals surface area contributed by atoms with Gasteiger partial charge in [0.25, 0.3) is 0 Å². The van der Waals surface area contributed by atoms with E-state index in [1.807, 2.05) is 12.1 Å². The van der Waals surface area contributed by atoms with Crippen LogP contribution in [0, 0.1) is 0 Å². The molecule has 0 atom stereocenters. The zero-order valence-corrected chi connectivity index (χ0v) is 23.3. The average molecular weight is 577 g/mol. The standard InChI is InChI=1S/2C11H17N3O3.H2O4S/c2*1-15-8-5-4-7(6-14-11(12)13)9(16-2)10(8)17-3;1-5(2,3)4/h2*4-5H,6H2,1-3H3,(H4,12,13,14);(H2,1,2,3,4). The molecule has 39 heavy (non-hydrogen) atoms. The second kappa shape index (κ2) is 17.2. The molecule has 2 aromatic carbocycles. The van der Waals surface area contributed by atoms with Crippen LogP contribution >= 0.6 is 0 Å². The normalized spacial score (nSPS) is 9.85. The van der Waals surface area contributed by atoms with E-state index in [0.717, 1.165) is 11.1 Å². The van der Waals surface area contributed by atoms with E-state index >= 15 is 0 Å². The van der Waals surface area contributed by atoms with Crippen molar-refractivity contribution in [1.29, 1.82) is 0 Å². The maximum atomic E-state index is 8.74. The van der Waals surface area contributed by atoms with Crippen LogP contribution in [0.3, 0.4) is 0 Å². The number of aliphatic imine (C=N–C) groups is 2. The first-order chi connectivity index (χ1) is 18.3. The number of methoxy groups -OCH3 is 6. The number of benzene rings is 2. The number of ether oxygens (including phenoxy) is 6. The summed E-state index contributed by atoms with van der Waals surface area (Å²) in [6, 6.07) is 7.21. The highest BCUT2D eigenvalue weighted by Gasteiger charge is 2.16. The summed E-state index contributed by atoms with van der Waals surface area (Å²) < 4.78 is 63.0. The Labute approximate surface area is 227 Å². The molecule has 0 amide bonds. The molecule has 0 fully saturated rings. The molecule has 16 nitrogen and oxygen atoms in total. The second-order valence-electron chi connectivity index (χ2n) is 6.92. The van der Waals surface area contributed by atoms with Gasteiger partial charge in [0.15, 0.2) is 34.9 Å². The van der Waals surface area contributed by atoms with Crippen molar-refractivity contribution in [3.05, 3.63) is 35.4 Å². The molecule has 0 saturated heterocycles. The van der Waals surface area contributed by atoms with Crippen LogP contribution in [-0.2, 0) is 23.5 Å². The smallest absolute Gasteiger partial charge is 0.394 e. The van der Waals surface area contributed by atoms with Crippen LogP contribution in [0.15, 0.2) is 34.3 Å². The third kappa shape index (κ3) is 12.6. The average Bonchev–Trinajstić information content (AvgIpc) is 2.88. The van der Waals surface area contributed by atoms with Crippen molar-refractivity contribution in [2.75, 3.05) is 42.7 Å². The van der Waals surface area contributed by atoms with Crippen LogP contribution in [0.2, 0.25) is 0 Å². The van der Waals surface area contributed by atoms with Crippen molar-refractivity contribution in [1.82, 2.24) is 0 Å². The number of hydrogen-bond donors (Lipinski definition) is 6. The summed E-state index contributed by atoms with van der Waals surface area (Å²) in [4.78, 5) is 7.86. The Hall–Kier alpha value is -4.35. The Morgan fingerprint density at radius 1 is 0.615 bits per heavy atom. The summed E-state index contributed by atoms with van der Waals surface area (Å²) in [5.41, 5.74) is 22.8. The first-order valence-corrected chi connectivity index (χ1v) is 12.0. The van der Waals surface area contributed by atoms with Crippen molar-refractivity contribution >= 4 is 22.3 Å². The summed E-state index contributed by atoms with van der Waals surface area (Å²) in [5, 5.41) is 0. The molecule has 10 N–H and O–H groups in total. The van der Waals surface area contributed by atoms with Crippen molar-refractivity contribution < 1.29 is 45.9 Å². The van der Waals surface area contributed by atoms with Crippen LogP contribution in [0.4, 0.5) is 0 Å². The molecule has 0 aromatic heterocycles. The van der Waals surface area contributed by atoms with Gasteiger partial charge in [0, 0.05) is 11.1 Å². The molecule has 17 heteroatoms. The van der Waals surface area contributed by atoms with Gasteiger partial charge in [0.1, 0.15) is 0 Å². The van der Waals surface area contributed by atoms with Crippen molar-refractivity contribution in [2.24, 2.45) is 32.9 Å². The molecule has 0 aliphatic heterocycles. The van der Waals surface area contributed by atoms with E-state index in [1.54, 1.807) is 54.8 Å². The molecular weight excluding hydrogens is 540 g/mol. The van der Waals surface area contributed by atoms with Crippen LogP contribution in [0.5, 0.6) is 34.5 Å². The van der Waals surface area contributed by atoms with Gasteiger partial charge in [-0.2, -0.15) is 8.42 Å². The second-order valence-corrected chi connectivity index (χ2v) is 7.81. The van der Waals surface area contributed by atoms with E-state index in [0.29, 0.717) is 47.6 Å². The number of hydrogen-bond acceptors (Lipinski definition) is 10. The van der Waals surface area contributed by atoms with E-state index < -0.39 is 10.4 Å². The molecule has 0 aliphatic carbocycles. The summed E-state index contributed by atoms with van der Waals surface area (Å²) in [7, 11) is 4.65. The monoisotopic (exact) mass is 576 g/mol. The predicted octanol–water partition coefficient (Wildman–Crippen LogP) is 0.319. The lowest BCUT2D eigenvalue weighted by molar-refractivity contribution is 0.322. The molecule has 0 heterocycles. The highest BCUT2D eigenvalue weighted by Crippen LogP contribution is 2.40. The van der Waals surface area contributed by atoms with Crippen LogP contribution < -0.4 is 51.4 Å². The quantitative estimate of drug-likeness (QED) is 0.126. The Morgan fingerprint density at radius 2 is 0.897 bits per heavy atom. The number of nitrogens with zero attached hydrogens (tertiary/aromatic N) is 2. The molecule has 2 aromatic rings. The Morgan fingerprint density at radius 3 is 1.10 bits per heavy atom. The van der Waals surface area contributed by atoms with Crippen molar-refractivity contribution in [3.8, 4) is 34.5 Å². The van der Waals surface area contributed by atoms with Gasteiger partial charge in [-0.25, -0.2) is 9.98 Å². The number of guanidine groups is 2. The lowest BCUT2D eigenvalue weighted by atomic mass is 10.1. The minimum absolute atomic E-state index is 0.0295. The molecule has 0 aliphatic rings. The summed E-state index contributed by atoms with van der Waals surface area (Å²) in [6.45, 7) is 0.651. The van der Waals surface area contributed by atoms with Gasteiger partial charge >= 0.3 is 10.4 Å². The van der Waals surface area contributed by atoms with Gasteiger partial charge in [-0.15, -0.1) is 0 Å².